The van der Waals surface area contributed by atoms with Gasteiger partial charge in [0, 0.05) is 30.3 Å². The third-order valence-electron chi connectivity index (χ3n) is 5.73. The Morgan fingerprint density at radius 2 is 2.00 bits per heavy atom. The summed E-state index contributed by atoms with van der Waals surface area (Å²) < 4.78 is 13.8. The maximum atomic E-state index is 6.33. The van der Waals surface area contributed by atoms with Gasteiger partial charge in [-0.05, 0) is 37.4 Å². The molecule has 0 amide bonds. The first-order valence-electron chi connectivity index (χ1n) is 10.2. The lowest BCUT2D eigenvalue weighted by atomic mass is 9.97. The molecule has 0 saturated heterocycles. The average Bonchev–Trinajstić information content (AvgIpc) is 3.14. The number of rotatable bonds is 8. The number of hydrogen-bond acceptors (Lipinski definition) is 6. The zero-order chi connectivity index (χ0) is 20.5. The van der Waals surface area contributed by atoms with E-state index < -0.39 is 0 Å². The molecule has 7 nitrogen and oxygen atoms in total. The van der Waals surface area contributed by atoms with Gasteiger partial charge in [0.15, 0.2) is 0 Å². The van der Waals surface area contributed by atoms with E-state index in [1.165, 1.54) is 0 Å². The van der Waals surface area contributed by atoms with Crippen molar-refractivity contribution in [2.75, 3.05) is 33.3 Å². The van der Waals surface area contributed by atoms with Crippen LogP contribution in [-0.2, 0) is 6.54 Å². The lowest BCUT2D eigenvalue weighted by Crippen LogP contribution is -2.27. The Kier molecular flexibility index (Phi) is 5.45. The van der Waals surface area contributed by atoms with Crippen LogP contribution < -0.4 is 20.9 Å². The van der Waals surface area contributed by atoms with E-state index >= 15 is 0 Å². The van der Waals surface area contributed by atoms with E-state index in [4.69, 9.17) is 26.0 Å². The normalized spacial score (nSPS) is 13.4. The first-order valence-corrected chi connectivity index (χ1v) is 10.2. The number of fused-ring (bicyclic) bond motifs is 2. The van der Waals surface area contributed by atoms with Crippen LogP contribution in [0.15, 0.2) is 30.3 Å². The van der Waals surface area contributed by atoms with E-state index in [1.54, 1.807) is 7.11 Å². The highest BCUT2D eigenvalue weighted by Gasteiger charge is 2.28. The Hall–Kier alpha value is -2.61. The molecule has 4 N–H and O–H groups in total. The van der Waals surface area contributed by atoms with Crippen molar-refractivity contribution >= 4 is 10.9 Å². The van der Waals surface area contributed by atoms with Gasteiger partial charge in [0.2, 0.25) is 0 Å². The molecule has 0 bridgehead atoms. The molecule has 4 rings (SSSR count). The van der Waals surface area contributed by atoms with Crippen molar-refractivity contribution in [3.63, 3.8) is 0 Å². The van der Waals surface area contributed by atoms with Crippen LogP contribution in [0.3, 0.4) is 0 Å². The Bertz CT molecular complexity index is 1030. The topological polar surface area (TPSA) is 91.6 Å². The molecular weight excluding hydrogens is 366 g/mol. The number of benzene rings is 2. The van der Waals surface area contributed by atoms with Crippen LogP contribution in [0.4, 0.5) is 0 Å². The van der Waals surface area contributed by atoms with Crippen molar-refractivity contribution in [2.45, 2.75) is 26.4 Å². The van der Waals surface area contributed by atoms with E-state index in [2.05, 4.69) is 29.5 Å². The van der Waals surface area contributed by atoms with Gasteiger partial charge >= 0.3 is 0 Å². The molecule has 0 aliphatic carbocycles. The zero-order valence-electron chi connectivity index (χ0n) is 17.3. The second-order valence-corrected chi connectivity index (χ2v) is 7.28. The average molecular weight is 396 g/mol. The lowest BCUT2D eigenvalue weighted by molar-refractivity contribution is 0.287. The van der Waals surface area contributed by atoms with Gasteiger partial charge in [0.25, 0.3) is 0 Å². The SMILES string of the molecule is CCN(CC)CCn1nc2c3c(c(C(N)CN)ccc31)Oc1ccc(OC)cc1-2. The minimum Gasteiger partial charge on any atom is -0.497 e. The summed E-state index contributed by atoms with van der Waals surface area (Å²) in [6, 6.07) is 9.60. The second kappa shape index (κ2) is 8.02. The quantitative estimate of drug-likeness (QED) is 0.476. The molecule has 3 aromatic rings. The largest absolute Gasteiger partial charge is 0.497 e. The van der Waals surface area contributed by atoms with Crippen LogP contribution in [-0.4, -0.2) is 48.0 Å². The standard InChI is InChI=1S/C22H29N5O2/c1-4-26(5-2)10-11-27-18-8-7-15(17(24)13-23)22-20(18)21(25-27)16-12-14(28-3)6-9-19(16)29-22/h6-9,12,17H,4-5,10-11,13,23-24H2,1-3H3. The van der Waals surface area contributed by atoms with Crippen LogP contribution in [0.25, 0.3) is 22.2 Å². The fourth-order valence-corrected chi connectivity index (χ4v) is 3.94. The maximum Gasteiger partial charge on any atom is 0.143 e. The van der Waals surface area contributed by atoms with Gasteiger partial charge < -0.3 is 25.8 Å². The molecule has 0 saturated carbocycles. The molecule has 0 spiro atoms. The molecule has 29 heavy (non-hydrogen) atoms. The van der Waals surface area contributed by atoms with Crippen LogP contribution >= 0.6 is 0 Å². The van der Waals surface area contributed by atoms with Crippen LogP contribution in [0.2, 0.25) is 0 Å². The van der Waals surface area contributed by atoms with Crippen LogP contribution in [0.5, 0.6) is 17.2 Å². The fourth-order valence-electron chi connectivity index (χ4n) is 3.94. The van der Waals surface area contributed by atoms with Crippen molar-refractivity contribution in [3.05, 3.63) is 35.9 Å². The fraction of sp³-hybridized carbons (Fsp3) is 0.409. The van der Waals surface area contributed by atoms with E-state index in [0.717, 1.165) is 71.2 Å². The van der Waals surface area contributed by atoms with Crippen molar-refractivity contribution in [1.29, 1.82) is 0 Å². The highest BCUT2D eigenvalue weighted by molar-refractivity contribution is 6.02. The molecule has 2 aromatic carbocycles. The number of methoxy groups -OCH3 is 1. The molecule has 2 heterocycles. The van der Waals surface area contributed by atoms with E-state index in [0.29, 0.717) is 6.54 Å². The Morgan fingerprint density at radius 1 is 1.21 bits per heavy atom. The van der Waals surface area contributed by atoms with Crippen molar-refractivity contribution in [2.24, 2.45) is 11.5 Å². The summed E-state index contributed by atoms with van der Waals surface area (Å²) in [6.45, 7) is 8.49. The van der Waals surface area contributed by atoms with Gasteiger partial charge in [-0.1, -0.05) is 19.9 Å². The minimum absolute atomic E-state index is 0.291. The summed E-state index contributed by atoms with van der Waals surface area (Å²) in [7, 11) is 1.66. The van der Waals surface area contributed by atoms with Crippen molar-refractivity contribution < 1.29 is 9.47 Å². The van der Waals surface area contributed by atoms with Crippen molar-refractivity contribution in [1.82, 2.24) is 14.7 Å². The lowest BCUT2D eigenvalue weighted by Gasteiger charge is -2.22. The van der Waals surface area contributed by atoms with E-state index in [-0.39, 0.29) is 6.04 Å². The predicted molar refractivity (Wildman–Crippen MR) is 116 cm³/mol. The molecule has 154 valence electrons. The Balaban J connectivity index is 1.88. The Labute approximate surface area is 171 Å². The molecule has 0 fully saturated rings. The molecule has 1 aromatic heterocycles. The highest BCUT2D eigenvalue weighted by Crippen LogP contribution is 2.49. The summed E-state index contributed by atoms with van der Waals surface area (Å²) in [4.78, 5) is 2.39. The molecule has 7 heteroatoms. The number of ether oxygens (including phenoxy) is 2. The number of hydrogen-bond donors (Lipinski definition) is 2. The summed E-state index contributed by atoms with van der Waals surface area (Å²) in [5.41, 5.74) is 15.9. The van der Waals surface area contributed by atoms with Gasteiger partial charge in [0.05, 0.1) is 24.6 Å². The zero-order valence-corrected chi connectivity index (χ0v) is 17.3. The van der Waals surface area contributed by atoms with Gasteiger partial charge in [-0.15, -0.1) is 0 Å². The maximum absolute atomic E-state index is 6.33. The monoisotopic (exact) mass is 395 g/mol. The van der Waals surface area contributed by atoms with Gasteiger partial charge in [-0.3, -0.25) is 4.68 Å². The third kappa shape index (κ3) is 3.35. The third-order valence-corrected chi connectivity index (χ3v) is 5.73. The van der Waals surface area contributed by atoms with Crippen molar-refractivity contribution in [3.8, 4) is 28.5 Å². The summed E-state index contributed by atoms with van der Waals surface area (Å²) >= 11 is 0. The smallest absolute Gasteiger partial charge is 0.143 e. The molecule has 1 atom stereocenters. The first kappa shape index (κ1) is 19.7. The number of nitrogens with two attached hydrogens (primary N) is 2. The minimum atomic E-state index is -0.291. The molecule has 1 aliphatic rings. The van der Waals surface area contributed by atoms with Gasteiger partial charge in [-0.2, -0.15) is 5.10 Å². The summed E-state index contributed by atoms with van der Waals surface area (Å²) in [6.07, 6.45) is 0. The number of likely N-dealkylation sites (N-methyl/N-ethyl adjacent to an activating group) is 1. The highest BCUT2D eigenvalue weighted by atomic mass is 16.5. The van der Waals surface area contributed by atoms with Crippen LogP contribution in [0, 0.1) is 0 Å². The van der Waals surface area contributed by atoms with E-state index in [1.807, 2.05) is 24.3 Å². The van der Waals surface area contributed by atoms with E-state index in [9.17, 15) is 0 Å². The number of nitrogens with zero attached hydrogens (tertiary/aromatic N) is 3. The summed E-state index contributed by atoms with van der Waals surface area (Å²) in [5.74, 6) is 2.30. The molecular formula is C22H29N5O2. The molecule has 1 unspecified atom stereocenters. The van der Waals surface area contributed by atoms with Gasteiger partial charge in [-0.25, -0.2) is 0 Å². The number of aromatic nitrogens is 2. The second-order valence-electron chi connectivity index (χ2n) is 7.28. The molecule has 0 radical (unpaired) electrons. The predicted octanol–water partition coefficient (Wildman–Crippen LogP) is 3.12. The molecule has 1 aliphatic heterocycles. The summed E-state index contributed by atoms with van der Waals surface area (Å²) in [5, 5.41) is 5.98. The van der Waals surface area contributed by atoms with Crippen LogP contribution in [0.1, 0.15) is 25.5 Å². The Morgan fingerprint density at radius 3 is 2.69 bits per heavy atom. The first-order chi connectivity index (χ1) is 14.1. The van der Waals surface area contributed by atoms with Gasteiger partial charge in [0.1, 0.15) is 22.9 Å².